The first-order chi connectivity index (χ1) is 14.1. The molecule has 0 aliphatic carbocycles. The summed E-state index contributed by atoms with van der Waals surface area (Å²) in [5.41, 5.74) is 2.64. The Labute approximate surface area is 173 Å². The molecule has 2 fully saturated rings. The first-order valence-corrected chi connectivity index (χ1v) is 10.8. The molecule has 1 unspecified atom stereocenters. The maximum atomic E-state index is 12.8. The monoisotopic (exact) mass is 393 g/mol. The highest BCUT2D eigenvalue weighted by molar-refractivity contribution is 5.92. The van der Waals surface area contributed by atoms with E-state index in [9.17, 15) is 4.79 Å². The number of hydrogen-bond acceptors (Lipinski definition) is 5. The van der Waals surface area contributed by atoms with Gasteiger partial charge in [-0.25, -0.2) is 9.97 Å². The van der Waals surface area contributed by atoms with Crippen LogP contribution in [-0.4, -0.2) is 47.0 Å². The lowest BCUT2D eigenvalue weighted by atomic mass is 9.99. The van der Waals surface area contributed by atoms with Crippen molar-refractivity contribution in [3.63, 3.8) is 0 Å². The lowest BCUT2D eigenvalue weighted by Crippen LogP contribution is -2.39. The van der Waals surface area contributed by atoms with Gasteiger partial charge in [-0.05, 0) is 67.9 Å². The lowest BCUT2D eigenvalue weighted by Gasteiger charge is -2.32. The molecule has 29 heavy (non-hydrogen) atoms. The van der Waals surface area contributed by atoms with E-state index in [2.05, 4.69) is 58.3 Å². The fraction of sp³-hybridized carbons (Fsp3) is 0.522. The number of amides is 1. The molecular formula is C23H31N5O. The number of likely N-dealkylation sites (tertiary alicyclic amines) is 1. The number of nitrogens with one attached hydrogen (secondary N) is 1. The maximum Gasteiger partial charge on any atom is 0.272 e. The number of hydrogen-bond donors (Lipinski definition) is 1. The van der Waals surface area contributed by atoms with Crippen LogP contribution in [0.2, 0.25) is 0 Å². The van der Waals surface area contributed by atoms with Crippen LogP contribution in [0.25, 0.3) is 0 Å². The highest BCUT2D eigenvalue weighted by Crippen LogP contribution is 2.25. The number of benzene rings is 1. The molecule has 0 bridgehead atoms. The minimum atomic E-state index is -0.00308. The summed E-state index contributed by atoms with van der Waals surface area (Å²) in [7, 11) is 0. The van der Waals surface area contributed by atoms with Crippen molar-refractivity contribution >= 4 is 23.2 Å². The van der Waals surface area contributed by atoms with Gasteiger partial charge in [0.05, 0.1) is 0 Å². The number of carbonyl (C=O) groups is 1. The summed E-state index contributed by atoms with van der Waals surface area (Å²) < 4.78 is 0. The topological polar surface area (TPSA) is 61.4 Å². The summed E-state index contributed by atoms with van der Waals surface area (Å²) in [6, 6.07) is 10.1. The van der Waals surface area contributed by atoms with E-state index in [1.165, 1.54) is 24.9 Å². The van der Waals surface area contributed by atoms with E-state index in [1.807, 2.05) is 4.90 Å². The zero-order valence-electron chi connectivity index (χ0n) is 17.5. The van der Waals surface area contributed by atoms with Crippen molar-refractivity contribution in [2.45, 2.75) is 39.5 Å². The van der Waals surface area contributed by atoms with Crippen molar-refractivity contribution in [2.75, 3.05) is 36.4 Å². The van der Waals surface area contributed by atoms with Crippen LogP contribution in [0.1, 0.15) is 50.0 Å². The van der Waals surface area contributed by atoms with Crippen LogP contribution in [0.4, 0.5) is 17.3 Å². The van der Waals surface area contributed by atoms with Gasteiger partial charge in [0.2, 0.25) is 5.95 Å². The summed E-state index contributed by atoms with van der Waals surface area (Å²) in [5, 5.41) is 3.24. The molecule has 2 saturated heterocycles. The predicted octanol–water partition coefficient (Wildman–Crippen LogP) is 4.33. The average molecular weight is 394 g/mol. The Bertz CT molecular complexity index is 829. The van der Waals surface area contributed by atoms with Gasteiger partial charge in [-0.1, -0.05) is 13.8 Å². The second-order valence-corrected chi connectivity index (χ2v) is 8.61. The molecule has 1 atom stereocenters. The predicted molar refractivity (Wildman–Crippen MR) is 117 cm³/mol. The molecule has 2 aromatic rings. The summed E-state index contributed by atoms with van der Waals surface area (Å²) in [5.74, 6) is 1.83. The molecule has 1 amide bonds. The average Bonchev–Trinajstić information content (AvgIpc) is 2.75. The van der Waals surface area contributed by atoms with E-state index in [-0.39, 0.29) is 5.91 Å². The van der Waals surface area contributed by atoms with Gasteiger partial charge < -0.3 is 15.1 Å². The third-order valence-corrected chi connectivity index (χ3v) is 6.09. The molecule has 0 saturated carbocycles. The highest BCUT2D eigenvalue weighted by Gasteiger charge is 2.23. The molecule has 6 heteroatoms. The Kier molecular flexibility index (Phi) is 5.97. The fourth-order valence-corrected chi connectivity index (χ4v) is 4.23. The fourth-order valence-electron chi connectivity index (χ4n) is 4.23. The lowest BCUT2D eigenvalue weighted by molar-refractivity contribution is 0.0677. The van der Waals surface area contributed by atoms with Gasteiger partial charge in [0.1, 0.15) is 5.69 Å². The normalized spacial score (nSPS) is 20.6. The van der Waals surface area contributed by atoms with E-state index in [0.29, 0.717) is 17.6 Å². The van der Waals surface area contributed by atoms with E-state index >= 15 is 0 Å². The van der Waals surface area contributed by atoms with Crippen LogP contribution in [0, 0.1) is 11.8 Å². The Morgan fingerprint density at radius 2 is 1.76 bits per heavy atom. The van der Waals surface area contributed by atoms with Crippen molar-refractivity contribution in [1.82, 2.24) is 14.9 Å². The number of anilines is 3. The van der Waals surface area contributed by atoms with Crippen molar-refractivity contribution in [1.29, 1.82) is 0 Å². The van der Waals surface area contributed by atoms with E-state index in [4.69, 9.17) is 0 Å². The molecule has 4 rings (SSSR count). The maximum absolute atomic E-state index is 12.8. The van der Waals surface area contributed by atoms with Crippen LogP contribution in [0.3, 0.4) is 0 Å². The Balaban J connectivity index is 1.40. The first-order valence-electron chi connectivity index (χ1n) is 10.8. The summed E-state index contributed by atoms with van der Waals surface area (Å²) >= 11 is 0. The SMILES string of the molecule is CC1CCN(c2ccc(Nc3nccc(C(=O)N4CCCC(C)C4)n3)cc2)CC1. The van der Waals surface area contributed by atoms with Gasteiger partial charge in [-0.3, -0.25) is 4.79 Å². The number of nitrogens with zero attached hydrogens (tertiary/aromatic N) is 4. The van der Waals surface area contributed by atoms with Gasteiger partial charge in [-0.2, -0.15) is 0 Å². The molecule has 1 aromatic carbocycles. The standard InChI is InChI=1S/C23H31N5O/c1-17-10-14-27(15-11-17)20-7-5-19(6-8-20)25-23-24-12-9-21(26-23)22(29)28-13-3-4-18(2)16-28/h5-9,12,17-18H,3-4,10-11,13-16H2,1-2H3,(H,24,25,26). The van der Waals surface area contributed by atoms with E-state index < -0.39 is 0 Å². The van der Waals surface area contributed by atoms with Crippen LogP contribution in [-0.2, 0) is 0 Å². The zero-order valence-corrected chi connectivity index (χ0v) is 17.5. The zero-order chi connectivity index (χ0) is 20.2. The summed E-state index contributed by atoms with van der Waals surface area (Å²) in [6.07, 6.45) is 6.41. The van der Waals surface area contributed by atoms with E-state index in [0.717, 1.165) is 44.2 Å². The molecule has 0 radical (unpaired) electrons. The number of aromatic nitrogens is 2. The van der Waals surface area contributed by atoms with Crippen LogP contribution >= 0.6 is 0 Å². The minimum Gasteiger partial charge on any atom is -0.372 e. The van der Waals surface area contributed by atoms with Gasteiger partial charge >= 0.3 is 0 Å². The van der Waals surface area contributed by atoms with Crippen LogP contribution < -0.4 is 10.2 Å². The number of carbonyl (C=O) groups excluding carboxylic acids is 1. The van der Waals surface area contributed by atoms with Crippen molar-refractivity contribution < 1.29 is 4.79 Å². The van der Waals surface area contributed by atoms with Gasteiger partial charge in [0.25, 0.3) is 5.91 Å². The van der Waals surface area contributed by atoms with Gasteiger partial charge in [0, 0.05) is 43.8 Å². The van der Waals surface area contributed by atoms with Gasteiger partial charge in [-0.15, -0.1) is 0 Å². The Morgan fingerprint density at radius 3 is 2.48 bits per heavy atom. The molecular weight excluding hydrogens is 362 g/mol. The molecule has 1 N–H and O–H groups in total. The molecule has 1 aromatic heterocycles. The molecule has 3 heterocycles. The third kappa shape index (κ3) is 4.86. The highest BCUT2D eigenvalue weighted by atomic mass is 16.2. The van der Waals surface area contributed by atoms with E-state index in [1.54, 1.807) is 12.3 Å². The Morgan fingerprint density at radius 1 is 1.00 bits per heavy atom. The second kappa shape index (κ2) is 8.80. The summed E-state index contributed by atoms with van der Waals surface area (Å²) in [4.78, 5) is 25.9. The minimum absolute atomic E-state index is 0.00308. The van der Waals surface area contributed by atoms with Gasteiger partial charge in [0.15, 0.2) is 0 Å². The van der Waals surface area contributed by atoms with Crippen molar-refractivity contribution in [3.05, 3.63) is 42.2 Å². The van der Waals surface area contributed by atoms with Crippen molar-refractivity contribution in [2.24, 2.45) is 11.8 Å². The smallest absolute Gasteiger partial charge is 0.272 e. The molecule has 6 nitrogen and oxygen atoms in total. The molecule has 2 aliphatic heterocycles. The quantitative estimate of drug-likeness (QED) is 0.838. The number of rotatable bonds is 4. The van der Waals surface area contributed by atoms with Crippen LogP contribution in [0.5, 0.6) is 0 Å². The Hall–Kier alpha value is -2.63. The number of piperidine rings is 2. The van der Waals surface area contributed by atoms with Crippen molar-refractivity contribution in [3.8, 4) is 0 Å². The molecule has 0 spiro atoms. The molecule has 154 valence electrons. The second-order valence-electron chi connectivity index (χ2n) is 8.61. The molecule has 2 aliphatic rings. The summed E-state index contributed by atoms with van der Waals surface area (Å²) in [6.45, 7) is 8.39. The first kappa shape index (κ1) is 19.7. The third-order valence-electron chi connectivity index (χ3n) is 6.09. The van der Waals surface area contributed by atoms with Crippen LogP contribution in [0.15, 0.2) is 36.5 Å². The largest absolute Gasteiger partial charge is 0.372 e.